The molecule has 1 saturated heterocycles. The van der Waals surface area contributed by atoms with Crippen LogP contribution in [0.5, 0.6) is 0 Å². The van der Waals surface area contributed by atoms with Gasteiger partial charge in [-0.1, -0.05) is 77.5 Å². The fourth-order valence-corrected chi connectivity index (χ4v) is 5.45. The number of rotatable bonds is 7. The van der Waals surface area contributed by atoms with Crippen molar-refractivity contribution in [3.8, 4) is 0 Å². The lowest BCUT2D eigenvalue weighted by Gasteiger charge is -2.13. The third kappa shape index (κ3) is 6.29. The molecular formula is C24H20ClN3O2S3. The van der Waals surface area contributed by atoms with Gasteiger partial charge in [-0.15, -0.1) is 11.3 Å². The smallest absolute Gasteiger partial charge is 0.266 e. The van der Waals surface area contributed by atoms with Crippen molar-refractivity contribution in [1.29, 1.82) is 0 Å². The van der Waals surface area contributed by atoms with E-state index in [2.05, 4.69) is 10.3 Å². The van der Waals surface area contributed by atoms with Gasteiger partial charge in [0, 0.05) is 35.5 Å². The molecule has 3 aromatic rings. The Kier molecular flexibility index (Phi) is 7.60. The average molecular weight is 514 g/mol. The molecule has 2 aromatic carbocycles. The van der Waals surface area contributed by atoms with E-state index in [-0.39, 0.29) is 24.8 Å². The summed E-state index contributed by atoms with van der Waals surface area (Å²) < 4.78 is 0.464. The van der Waals surface area contributed by atoms with Gasteiger partial charge in [-0.3, -0.25) is 14.5 Å². The molecule has 0 radical (unpaired) electrons. The minimum atomic E-state index is -0.209. The average Bonchev–Trinajstić information content (AvgIpc) is 3.33. The normalized spacial score (nSPS) is 14.8. The summed E-state index contributed by atoms with van der Waals surface area (Å²) in [4.78, 5) is 32.5. The molecule has 1 aromatic heterocycles. The molecule has 1 fully saturated rings. The number of nitrogens with one attached hydrogen (secondary N) is 1. The lowest BCUT2D eigenvalue weighted by Crippen LogP contribution is -2.31. The summed E-state index contributed by atoms with van der Waals surface area (Å²) in [5.41, 5.74) is 3.22. The molecule has 1 N–H and O–H groups in total. The van der Waals surface area contributed by atoms with Gasteiger partial charge in [0.05, 0.1) is 4.91 Å². The molecular weight excluding hydrogens is 494 g/mol. The molecule has 33 heavy (non-hydrogen) atoms. The van der Waals surface area contributed by atoms with E-state index < -0.39 is 0 Å². The van der Waals surface area contributed by atoms with Crippen molar-refractivity contribution >= 4 is 74.3 Å². The number of hydrogen-bond acceptors (Lipinski definition) is 6. The second-order valence-corrected chi connectivity index (χ2v) is 10.7. The molecule has 0 aliphatic carbocycles. The van der Waals surface area contributed by atoms with Crippen LogP contribution in [0, 0.1) is 6.92 Å². The monoisotopic (exact) mass is 513 g/mol. The topological polar surface area (TPSA) is 62.3 Å². The Labute approximate surface area is 210 Å². The quantitative estimate of drug-likeness (QED) is 0.313. The number of amides is 2. The largest absolute Gasteiger partial charge is 0.302 e. The fraction of sp³-hybridized carbons (Fsp3) is 0.167. The van der Waals surface area contributed by atoms with Gasteiger partial charge in [0.15, 0.2) is 5.13 Å². The van der Waals surface area contributed by atoms with E-state index in [0.717, 1.165) is 21.6 Å². The molecule has 5 nitrogen and oxygen atoms in total. The summed E-state index contributed by atoms with van der Waals surface area (Å²) in [6.45, 7) is 2.24. The zero-order valence-corrected chi connectivity index (χ0v) is 20.9. The number of thioether (sulfide) groups is 1. The van der Waals surface area contributed by atoms with Crippen molar-refractivity contribution in [2.75, 3.05) is 11.9 Å². The maximum atomic E-state index is 12.8. The van der Waals surface area contributed by atoms with E-state index in [4.69, 9.17) is 23.8 Å². The number of thiocarbonyl (C=S) groups is 1. The van der Waals surface area contributed by atoms with E-state index in [1.54, 1.807) is 6.20 Å². The van der Waals surface area contributed by atoms with E-state index in [9.17, 15) is 9.59 Å². The molecule has 0 bridgehead atoms. The van der Waals surface area contributed by atoms with Crippen LogP contribution in [-0.2, 0) is 16.0 Å². The third-order valence-electron chi connectivity index (χ3n) is 4.90. The number of benzene rings is 2. The first-order valence-electron chi connectivity index (χ1n) is 10.2. The summed E-state index contributed by atoms with van der Waals surface area (Å²) in [5, 5.41) is 4.04. The minimum absolute atomic E-state index is 0.135. The molecule has 0 unspecified atom stereocenters. The van der Waals surface area contributed by atoms with Crippen molar-refractivity contribution < 1.29 is 9.59 Å². The third-order valence-corrected chi connectivity index (χ3v) is 7.45. The summed E-state index contributed by atoms with van der Waals surface area (Å²) in [6, 6.07) is 15.6. The van der Waals surface area contributed by atoms with Gasteiger partial charge in [-0.05, 0) is 36.3 Å². The molecule has 9 heteroatoms. The van der Waals surface area contributed by atoms with Gasteiger partial charge in [-0.25, -0.2) is 4.98 Å². The minimum Gasteiger partial charge on any atom is -0.302 e. The number of halogens is 1. The highest BCUT2D eigenvalue weighted by atomic mass is 35.5. The van der Waals surface area contributed by atoms with Gasteiger partial charge >= 0.3 is 0 Å². The van der Waals surface area contributed by atoms with Crippen LogP contribution in [0.4, 0.5) is 5.13 Å². The van der Waals surface area contributed by atoms with Crippen LogP contribution < -0.4 is 5.32 Å². The number of carbonyl (C=O) groups is 2. The Morgan fingerprint density at radius 2 is 1.91 bits per heavy atom. The van der Waals surface area contributed by atoms with Crippen molar-refractivity contribution in [1.82, 2.24) is 9.88 Å². The maximum Gasteiger partial charge on any atom is 0.266 e. The molecule has 0 saturated carbocycles. The molecule has 1 aliphatic heterocycles. The van der Waals surface area contributed by atoms with Gasteiger partial charge in [-0.2, -0.15) is 0 Å². The highest BCUT2D eigenvalue weighted by molar-refractivity contribution is 8.26. The Bertz CT molecular complexity index is 1220. The Morgan fingerprint density at radius 3 is 2.64 bits per heavy atom. The van der Waals surface area contributed by atoms with Crippen LogP contribution in [0.1, 0.15) is 28.0 Å². The Hall–Kier alpha value is -2.52. The zero-order valence-electron chi connectivity index (χ0n) is 17.7. The number of hydrogen-bond donors (Lipinski definition) is 1. The molecule has 2 amide bonds. The number of aromatic nitrogens is 1. The summed E-state index contributed by atoms with van der Waals surface area (Å²) in [5.74, 6) is -0.378. The molecule has 2 heterocycles. The number of carbonyl (C=O) groups excluding carboxylic acids is 2. The summed E-state index contributed by atoms with van der Waals surface area (Å²) >= 11 is 14.0. The number of thiazole rings is 1. The van der Waals surface area contributed by atoms with Crippen LogP contribution in [0.2, 0.25) is 5.02 Å². The van der Waals surface area contributed by atoms with E-state index in [1.807, 2.05) is 61.5 Å². The van der Waals surface area contributed by atoms with E-state index in [1.165, 1.54) is 28.0 Å². The predicted octanol–water partition coefficient (Wildman–Crippen LogP) is 5.93. The molecule has 168 valence electrons. The van der Waals surface area contributed by atoms with Gasteiger partial charge in [0.2, 0.25) is 5.91 Å². The fourth-order valence-electron chi connectivity index (χ4n) is 3.15. The molecule has 1 aliphatic rings. The molecule has 0 spiro atoms. The number of aryl methyl sites for hydroxylation is 1. The van der Waals surface area contributed by atoms with Crippen LogP contribution in [-0.4, -0.2) is 32.6 Å². The Balaban J connectivity index is 1.30. The second-order valence-electron chi connectivity index (χ2n) is 7.48. The van der Waals surface area contributed by atoms with Crippen LogP contribution >= 0.6 is 46.9 Å². The first-order chi connectivity index (χ1) is 15.9. The van der Waals surface area contributed by atoms with E-state index >= 15 is 0 Å². The number of nitrogens with zero attached hydrogens (tertiary/aromatic N) is 2. The van der Waals surface area contributed by atoms with Crippen LogP contribution in [0.3, 0.4) is 0 Å². The van der Waals surface area contributed by atoms with Crippen molar-refractivity contribution in [2.24, 2.45) is 0 Å². The van der Waals surface area contributed by atoms with Gasteiger partial charge in [0.25, 0.3) is 5.91 Å². The lowest BCUT2D eigenvalue weighted by molar-refractivity contribution is -0.122. The van der Waals surface area contributed by atoms with Gasteiger partial charge < -0.3 is 5.32 Å². The van der Waals surface area contributed by atoms with Crippen molar-refractivity contribution in [3.05, 3.63) is 86.2 Å². The standard InChI is InChI=1S/C24H20ClN3O2S3/c1-15-2-4-17(5-3-15)13-20-22(30)28(24(31)33-20)11-10-21(29)27-23-26-14-19(32-23)12-16-6-8-18(25)9-7-16/h2-9,13-14H,10-12H2,1H3,(H,26,27,29)/b20-13-. The Morgan fingerprint density at radius 1 is 1.18 bits per heavy atom. The zero-order chi connectivity index (χ0) is 23.4. The highest BCUT2D eigenvalue weighted by Crippen LogP contribution is 2.32. The predicted molar refractivity (Wildman–Crippen MR) is 141 cm³/mol. The summed E-state index contributed by atoms with van der Waals surface area (Å²) in [6.07, 6.45) is 4.44. The van der Waals surface area contributed by atoms with Gasteiger partial charge in [0.1, 0.15) is 4.32 Å². The van der Waals surface area contributed by atoms with E-state index in [0.29, 0.717) is 25.8 Å². The number of anilines is 1. The van der Waals surface area contributed by atoms with Crippen molar-refractivity contribution in [3.63, 3.8) is 0 Å². The first kappa shape index (κ1) is 23.6. The maximum absolute atomic E-state index is 12.8. The highest BCUT2D eigenvalue weighted by Gasteiger charge is 2.32. The van der Waals surface area contributed by atoms with Crippen LogP contribution in [0.15, 0.2) is 59.6 Å². The first-order valence-corrected chi connectivity index (χ1v) is 12.6. The molecule has 4 rings (SSSR count). The lowest BCUT2D eigenvalue weighted by atomic mass is 10.1. The molecule has 0 atom stereocenters. The summed E-state index contributed by atoms with van der Waals surface area (Å²) in [7, 11) is 0. The van der Waals surface area contributed by atoms with Crippen LogP contribution in [0.25, 0.3) is 6.08 Å². The SMILES string of the molecule is Cc1ccc(/C=C2\SC(=S)N(CCC(=O)Nc3ncc(Cc4ccc(Cl)cc4)s3)C2=O)cc1. The second kappa shape index (κ2) is 10.6. The van der Waals surface area contributed by atoms with Crippen molar-refractivity contribution in [2.45, 2.75) is 19.8 Å².